The Morgan fingerprint density at radius 3 is 2.41 bits per heavy atom. The minimum Gasteiger partial charge on any atom is -0.297 e. The third-order valence-electron chi connectivity index (χ3n) is 3.82. The molecule has 0 amide bonds. The average molecular weight is 255 g/mol. The molecule has 0 saturated carbocycles. The van der Waals surface area contributed by atoms with Gasteiger partial charge in [0, 0.05) is 10.4 Å². The molecule has 1 aromatic rings. The Morgan fingerprint density at radius 2 is 2.06 bits per heavy atom. The maximum Gasteiger partial charge on any atom is 0.0733 e. The summed E-state index contributed by atoms with van der Waals surface area (Å²) < 4.78 is 0. The van der Waals surface area contributed by atoms with Gasteiger partial charge >= 0.3 is 0 Å². The Hall–Kier alpha value is -0.420. The predicted octanol–water partition coefficient (Wildman–Crippen LogP) is 2.76. The molecule has 0 bridgehead atoms. The van der Waals surface area contributed by atoms with Crippen molar-refractivity contribution in [2.24, 2.45) is 5.84 Å². The van der Waals surface area contributed by atoms with Gasteiger partial charge < -0.3 is 0 Å². The number of nitrogens with one attached hydrogen (secondary N) is 1. The Bertz CT molecular complexity index is 308. The molecule has 2 unspecified atom stereocenters. The number of hydrogen-bond donors (Lipinski definition) is 2. The summed E-state index contributed by atoms with van der Waals surface area (Å²) in [5.74, 6) is 5.80. The fraction of sp³-hybridized carbons (Fsp3) is 0.692. The topological polar surface area (TPSA) is 41.3 Å². The molecule has 3 N–H and O–H groups in total. The first-order chi connectivity index (χ1) is 8.13. The van der Waals surface area contributed by atoms with Crippen LogP contribution >= 0.6 is 11.3 Å². The maximum atomic E-state index is 5.80. The Kier molecular flexibility index (Phi) is 5.59. The van der Waals surface area contributed by atoms with E-state index in [1.807, 2.05) is 0 Å². The zero-order chi connectivity index (χ0) is 12.9. The normalized spacial score (nSPS) is 17.1. The zero-order valence-electron chi connectivity index (χ0n) is 11.4. The first-order valence-electron chi connectivity index (χ1n) is 6.38. The monoisotopic (exact) mass is 255 g/mol. The van der Waals surface area contributed by atoms with Crippen molar-refractivity contribution in [1.82, 2.24) is 10.3 Å². The third-order valence-corrected chi connectivity index (χ3v) is 4.76. The summed E-state index contributed by atoms with van der Waals surface area (Å²) in [6, 6.07) is 4.43. The number of rotatable bonds is 7. The van der Waals surface area contributed by atoms with Gasteiger partial charge in [-0.1, -0.05) is 26.8 Å². The van der Waals surface area contributed by atoms with Crippen LogP contribution in [0.1, 0.15) is 45.0 Å². The summed E-state index contributed by atoms with van der Waals surface area (Å²) in [5.41, 5.74) is 3.07. The quantitative estimate of drug-likeness (QED) is 0.581. The highest BCUT2D eigenvalue weighted by atomic mass is 32.1. The molecule has 0 saturated heterocycles. The van der Waals surface area contributed by atoms with Gasteiger partial charge in [0.15, 0.2) is 0 Å². The minimum atomic E-state index is 0.0586. The standard InChI is InChI=1S/C13H25N3S/c1-5-13(4,16(6-2)7-3)12(15-14)11-9-8-10-17-11/h8-10,12,15H,5-7,14H2,1-4H3. The van der Waals surface area contributed by atoms with Crippen LogP contribution in [0.4, 0.5) is 0 Å². The third kappa shape index (κ3) is 2.88. The molecular formula is C13H25N3S. The predicted molar refractivity (Wildman–Crippen MR) is 76.0 cm³/mol. The first-order valence-corrected chi connectivity index (χ1v) is 7.26. The van der Waals surface area contributed by atoms with Crippen LogP contribution in [0.15, 0.2) is 17.5 Å². The van der Waals surface area contributed by atoms with Crippen molar-refractivity contribution in [2.45, 2.75) is 45.7 Å². The Labute approximate surface area is 109 Å². The number of likely N-dealkylation sites (N-methyl/N-ethyl adjacent to an activating group) is 1. The lowest BCUT2D eigenvalue weighted by Gasteiger charge is -2.45. The summed E-state index contributed by atoms with van der Waals surface area (Å²) in [7, 11) is 0. The smallest absolute Gasteiger partial charge is 0.0733 e. The van der Waals surface area contributed by atoms with Crippen LogP contribution < -0.4 is 11.3 Å². The number of thiophene rings is 1. The van der Waals surface area contributed by atoms with Crippen LogP contribution in [0.25, 0.3) is 0 Å². The second kappa shape index (κ2) is 6.50. The first kappa shape index (κ1) is 14.6. The highest BCUT2D eigenvalue weighted by Gasteiger charge is 2.37. The van der Waals surface area contributed by atoms with E-state index in [4.69, 9.17) is 5.84 Å². The van der Waals surface area contributed by atoms with Gasteiger partial charge in [-0.25, -0.2) is 0 Å². The van der Waals surface area contributed by atoms with Gasteiger partial charge in [-0.3, -0.25) is 16.2 Å². The van der Waals surface area contributed by atoms with Gasteiger partial charge in [0.25, 0.3) is 0 Å². The van der Waals surface area contributed by atoms with Crippen LogP contribution in [0, 0.1) is 0 Å². The second-order valence-corrected chi connectivity index (χ2v) is 5.48. The van der Waals surface area contributed by atoms with Gasteiger partial charge in [0.2, 0.25) is 0 Å². The molecule has 1 rings (SSSR count). The maximum absolute atomic E-state index is 5.80. The van der Waals surface area contributed by atoms with E-state index in [9.17, 15) is 0 Å². The van der Waals surface area contributed by atoms with Crippen molar-refractivity contribution in [2.75, 3.05) is 13.1 Å². The van der Waals surface area contributed by atoms with Crippen molar-refractivity contribution >= 4 is 11.3 Å². The van der Waals surface area contributed by atoms with Crippen LogP contribution in [-0.4, -0.2) is 23.5 Å². The highest BCUT2D eigenvalue weighted by molar-refractivity contribution is 7.10. The van der Waals surface area contributed by atoms with Crippen LogP contribution in [-0.2, 0) is 0 Å². The summed E-state index contributed by atoms with van der Waals surface area (Å²) in [6.07, 6.45) is 1.07. The van der Waals surface area contributed by atoms with E-state index in [1.165, 1.54) is 4.88 Å². The van der Waals surface area contributed by atoms with E-state index >= 15 is 0 Å². The van der Waals surface area contributed by atoms with E-state index in [0.29, 0.717) is 0 Å². The molecule has 0 spiro atoms. The largest absolute Gasteiger partial charge is 0.297 e. The molecule has 4 heteroatoms. The number of nitrogens with two attached hydrogens (primary N) is 1. The van der Waals surface area contributed by atoms with E-state index in [0.717, 1.165) is 19.5 Å². The van der Waals surface area contributed by atoms with E-state index in [2.05, 4.69) is 55.5 Å². The van der Waals surface area contributed by atoms with E-state index in [1.54, 1.807) is 11.3 Å². The lowest BCUT2D eigenvalue weighted by molar-refractivity contribution is 0.0711. The summed E-state index contributed by atoms with van der Waals surface area (Å²) in [6.45, 7) is 11.0. The molecular weight excluding hydrogens is 230 g/mol. The minimum absolute atomic E-state index is 0.0586. The molecule has 3 nitrogen and oxygen atoms in total. The van der Waals surface area contributed by atoms with Crippen molar-refractivity contribution in [3.05, 3.63) is 22.4 Å². The molecule has 17 heavy (non-hydrogen) atoms. The molecule has 2 atom stereocenters. The molecule has 1 aromatic heterocycles. The molecule has 0 aliphatic heterocycles. The van der Waals surface area contributed by atoms with Gasteiger partial charge in [-0.15, -0.1) is 11.3 Å². The number of hydrogen-bond acceptors (Lipinski definition) is 4. The Morgan fingerprint density at radius 1 is 1.41 bits per heavy atom. The summed E-state index contributed by atoms with van der Waals surface area (Å²) in [5, 5.41) is 2.11. The fourth-order valence-corrected chi connectivity index (χ4v) is 3.51. The number of nitrogens with zero attached hydrogens (tertiary/aromatic N) is 1. The number of hydrazine groups is 1. The average Bonchev–Trinajstić information content (AvgIpc) is 2.85. The zero-order valence-corrected chi connectivity index (χ0v) is 12.2. The molecule has 1 heterocycles. The summed E-state index contributed by atoms with van der Waals surface area (Å²) >= 11 is 1.77. The van der Waals surface area contributed by atoms with Crippen LogP contribution in [0.3, 0.4) is 0 Å². The fourth-order valence-electron chi connectivity index (χ4n) is 2.58. The van der Waals surface area contributed by atoms with Gasteiger partial charge in [-0.05, 0) is 37.9 Å². The molecule has 0 fully saturated rings. The SMILES string of the molecule is CCN(CC)C(C)(CC)C(NN)c1cccs1. The van der Waals surface area contributed by atoms with Gasteiger partial charge in [-0.2, -0.15) is 0 Å². The molecule has 0 aliphatic carbocycles. The van der Waals surface area contributed by atoms with Crippen molar-refractivity contribution in [1.29, 1.82) is 0 Å². The summed E-state index contributed by atoms with van der Waals surface area (Å²) in [4.78, 5) is 3.79. The Balaban J connectivity index is 3.04. The second-order valence-electron chi connectivity index (χ2n) is 4.50. The van der Waals surface area contributed by atoms with Crippen molar-refractivity contribution < 1.29 is 0 Å². The molecule has 0 aliphatic rings. The van der Waals surface area contributed by atoms with Crippen molar-refractivity contribution in [3.63, 3.8) is 0 Å². The highest BCUT2D eigenvalue weighted by Crippen LogP contribution is 2.35. The lowest BCUT2D eigenvalue weighted by Crippen LogP contribution is -2.55. The van der Waals surface area contributed by atoms with E-state index in [-0.39, 0.29) is 11.6 Å². The van der Waals surface area contributed by atoms with Crippen LogP contribution in [0.2, 0.25) is 0 Å². The van der Waals surface area contributed by atoms with E-state index < -0.39 is 0 Å². The molecule has 0 radical (unpaired) electrons. The molecule has 98 valence electrons. The van der Waals surface area contributed by atoms with Gasteiger partial charge in [0.1, 0.15) is 0 Å². The molecule has 0 aromatic carbocycles. The van der Waals surface area contributed by atoms with Gasteiger partial charge in [0.05, 0.1) is 6.04 Å². The van der Waals surface area contributed by atoms with Crippen molar-refractivity contribution in [3.8, 4) is 0 Å². The van der Waals surface area contributed by atoms with Crippen LogP contribution in [0.5, 0.6) is 0 Å². The lowest BCUT2D eigenvalue weighted by atomic mass is 9.86.